The zero-order valence-electron chi connectivity index (χ0n) is 16.5. The monoisotopic (exact) mass is 433 g/mol. The van der Waals surface area contributed by atoms with Crippen molar-refractivity contribution in [2.24, 2.45) is 5.92 Å². The summed E-state index contributed by atoms with van der Waals surface area (Å²) in [4.78, 5) is 6.69. The number of nitriles is 1. The number of nitrogens with zero attached hydrogens (tertiary/aromatic N) is 3. The summed E-state index contributed by atoms with van der Waals surface area (Å²) in [5.74, 6) is 0.821. The van der Waals surface area contributed by atoms with E-state index >= 15 is 0 Å². The van der Waals surface area contributed by atoms with Crippen LogP contribution in [0.2, 0.25) is 5.02 Å². The first-order chi connectivity index (χ1) is 13.7. The molecule has 2 heterocycles. The molecule has 0 spiro atoms. The fourth-order valence-corrected chi connectivity index (χ4v) is 4.47. The Morgan fingerprint density at radius 1 is 1.34 bits per heavy atom. The van der Waals surface area contributed by atoms with Gasteiger partial charge in [0.25, 0.3) is 0 Å². The van der Waals surface area contributed by atoms with Crippen LogP contribution < -0.4 is 4.74 Å². The van der Waals surface area contributed by atoms with Crippen LogP contribution in [0.5, 0.6) is 5.88 Å². The van der Waals surface area contributed by atoms with Crippen molar-refractivity contribution in [2.75, 3.05) is 26.0 Å². The van der Waals surface area contributed by atoms with Crippen LogP contribution in [0.25, 0.3) is 0 Å². The van der Waals surface area contributed by atoms with E-state index in [0.717, 1.165) is 37.8 Å². The molecule has 1 aliphatic heterocycles. The van der Waals surface area contributed by atoms with Gasteiger partial charge in [0.15, 0.2) is 9.84 Å². The average molecular weight is 434 g/mol. The summed E-state index contributed by atoms with van der Waals surface area (Å²) < 4.78 is 28.8. The van der Waals surface area contributed by atoms with Gasteiger partial charge in [0, 0.05) is 48.6 Å². The number of likely N-dealkylation sites (tertiary alicyclic amines) is 1. The van der Waals surface area contributed by atoms with Gasteiger partial charge < -0.3 is 4.74 Å². The number of hydrogen-bond donors (Lipinski definition) is 0. The Bertz CT molecular complexity index is 1000. The lowest BCUT2D eigenvalue weighted by atomic mass is 10.1. The highest BCUT2D eigenvalue weighted by molar-refractivity contribution is 7.90. The van der Waals surface area contributed by atoms with Gasteiger partial charge in [0.1, 0.15) is 0 Å². The van der Waals surface area contributed by atoms with E-state index in [1.807, 2.05) is 12.1 Å². The summed E-state index contributed by atoms with van der Waals surface area (Å²) in [6, 6.07) is 11.2. The number of aromatic nitrogens is 1. The van der Waals surface area contributed by atoms with Crippen LogP contribution in [0.4, 0.5) is 0 Å². The second kappa shape index (κ2) is 9.12. The minimum Gasteiger partial charge on any atom is -0.477 e. The lowest BCUT2D eigenvalue weighted by Crippen LogP contribution is -2.29. The molecule has 2 aromatic rings. The first kappa shape index (κ1) is 21.6. The second-order valence-corrected chi connectivity index (χ2v) is 10.0. The van der Waals surface area contributed by atoms with Gasteiger partial charge in [0.2, 0.25) is 5.88 Å². The van der Waals surface area contributed by atoms with Gasteiger partial charge in [0.05, 0.1) is 23.1 Å². The number of hydrogen-bond acceptors (Lipinski definition) is 6. The van der Waals surface area contributed by atoms with Crippen molar-refractivity contribution in [3.05, 3.63) is 52.7 Å². The van der Waals surface area contributed by atoms with E-state index in [2.05, 4.69) is 22.9 Å². The fraction of sp³-hybridized carbons (Fsp3) is 0.429. The summed E-state index contributed by atoms with van der Waals surface area (Å²) in [6.07, 6.45) is 4.35. The van der Waals surface area contributed by atoms with Crippen molar-refractivity contribution in [3.63, 3.8) is 0 Å². The SMILES string of the molecule is C[C@@H]1C[C@H](COc2ccc(S(C)(=O)=O)cn2)CN1CCc1cc(Cl)cc(C#N)c1. The maximum atomic E-state index is 11.5. The Kier molecular flexibility index (Phi) is 6.78. The average Bonchev–Trinajstić information content (AvgIpc) is 3.03. The third-order valence-electron chi connectivity index (χ3n) is 5.17. The van der Waals surface area contributed by atoms with Crippen molar-refractivity contribution in [1.29, 1.82) is 5.26 Å². The molecule has 1 fully saturated rings. The fourth-order valence-electron chi connectivity index (χ4n) is 3.66. The van der Waals surface area contributed by atoms with E-state index in [4.69, 9.17) is 21.6 Å². The molecule has 0 radical (unpaired) electrons. The predicted octanol–water partition coefficient (Wildman–Crippen LogP) is 3.34. The first-order valence-corrected chi connectivity index (χ1v) is 11.7. The van der Waals surface area contributed by atoms with Gasteiger partial charge in [-0.25, -0.2) is 13.4 Å². The molecule has 2 atom stereocenters. The third-order valence-corrected chi connectivity index (χ3v) is 6.49. The molecule has 0 bridgehead atoms. The van der Waals surface area contributed by atoms with Gasteiger partial charge >= 0.3 is 0 Å². The van der Waals surface area contributed by atoms with Gasteiger partial charge in [-0.3, -0.25) is 4.90 Å². The minimum atomic E-state index is -3.25. The van der Waals surface area contributed by atoms with Crippen LogP contribution >= 0.6 is 11.6 Å². The highest BCUT2D eigenvalue weighted by Gasteiger charge is 2.29. The zero-order chi connectivity index (χ0) is 21.0. The van der Waals surface area contributed by atoms with Crippen LogP contribution in [0.3, 0.4) is 0 Å². The molecule has 0 aliphatic carbocycles. The Labute approximate surface area is 177 Å². The van der Waals surface area contributed by atoms with Crippen molar-refractivity contribution in [3.8, 4) is 11.9 Å². The molecular weight excluding hydrogens is 410 g/mol. The van der Waals surface area contributed by atoms with Crippen molar-refractivity contribution >= 4 is 21.4 Å². The lowest BCUT2D eigenvalue weighted by molar-refractivity contribution is 0.229. The van der Waals surface area contributed by atoms with Gasteiger partial charge in [-0.2, -0.15) is 5.26 Å². The standard InChI is InChI=1S/C21H24ClN3O3S/c1-15-7-18(14-28-21-4-3-20(12-24-21)29(2,26)27)13-25(15)6-5-16-8-17(11-23)10-19(22)9-16/h3-4,8-10,12,15,18H,5-7,13-14H2,1-2H3/t15-,18+/m1/s1. The van der Waals surface area contributed by atoms with Crippen LogP contribution in [0, 0.1) is 17.2 Å². The minimum absolute atomic E-state index is 0.186. The highest BCUT2D eigenvalue weighted by Crippen LogP contribution is 2.25. The highest BCUT2D eigenvalue weighted by atomic mass is 35.5. The molecule has 8 heteroatoms. The smallest absolute Gasteiger partial charge is 0.213 e. The summed E-state index contributed by atoms with van der Waals surface area (Å²) in [5.41, 5.74) is 1.65. The van der Waals surface area contributed by atoms with E-state index < -0.39 is 9.84 Å². The normalized spacial score (nSPS) is 19.8. The summed E-state index contributed by atoms with van der Waals surface area (Å²) in [7, 11) is -3.25. The van der Waals surface area contributed by atoms with Crippen molar-refractivity contribution < 1.29 is 13.2 Å². The molecule has 1 aliphatic rings. The lowest BCUT2D eigenvalue weighted by Gasteiger charge is -2.21. The Hall–Kier alpha value is -2.14. The molecule has 1 saturated heterocycles. The first-order valence-electron chi connectivity index (χ1n) is 9.47. The predicted molar refractivity (Wildman–Crippen MR) is 112 cm³/mol. The number of pyridine rings is 1. The molecule has 0 N–H and O–H groups in total. The molecule has 1 aromatic carbocycles. The molecule has 6 nitrogen and oxygen atoms in total. The third kappa shape index (κ3) is 5.92. The molecule has 3 rings (SSSR count). The van der Waals surface area contributed by atoms with E-state index in [-0.39, 0.29) is 4.90 Å². The summed E-state index contributed by atoms with van der Waals surface area (Å²) in [6.45, 7) is 4.57. The quantitative estimate of drug-likeness (QED) is 0.665. The van der Waals surface area contributed by atoms with Crippen molar-refractivity contribution in [2.45, 2.75) is 30.7 Å². The second-order valence-electron chi connectivity index (χ2n) is 7.57. The molecule has 0 unspecified atom stereocenters. The maximum absolute atomic E-state index is 11.5. The molecule has 154 valence electrons. The molecule has 29 heavy (non-hydrogen) atoms. The van der Waals surface area contributed by atoms with Crippen LogP contribution in [-0.4, -0.2) is 50.3 Å². The van der Waals surface area contributed by atoms with E-state index in [0.29, 0.717) is 35.0 Å². The van der Waals surface area contributed by atoms with Crippen LogP contribution in [0.15, 0.2) is 41.4 Å². The van der Waals surface area contributed by atoms with Gasteiger partial charge in [-0.05, 0) is 49.6 Å². The van der Waals surface area contributed by atoms with E-state index in [1.165, 1.54) is 12.3 Å². The molecule has 1 aromatic heterocycles. The largest absolute Gasteiger partial charge is 0.477 e. The Balaban J connectivity index is 1.51. The molecular formula is C21H24ClN3O3S. The van der Waals surface area contributed by atoms with Gasteiger partial charge in [-0.1, -0.05) is 11.6 Å². The number of ether oxygens (including phenoxy) is 1. The molecule has 0 saturated carbocycles. The Morgan fingerprint density at radius 2 is 2.14 bits per heavy atom. The number of sulfone groups is 1. The van der Waals surface area contributed by atoms with Crippen LogP contribution in [0.1, 0.15) is 24.5 Å². The van der Waals surface area contributed by atoms with E-state index in [1.54, 1.807) is 12.1 Å². The topological polar surface area (TPSA) is 83.3 Å². The summed E-state index contributed by atoms with van der Waals surface area (Å²) in [5, 5.41) is 9.67. The summed E-state index contributed by atoms with van der Waals surface area (Å²) >= 11 is 6.09. The van der Waals surface area contributed by atoms with E-state index in [9.17, 15) is 8.42 Å². The number of halogens is 1. The van der Waals surface area contributed by atoms with Crippen LogP contribution in [-0.2, 0) is 16.3 Å². The Morgan fingerprint density at radius 3 is 2.79 bits per heavy atom. The maximum Gasteiger partial charge on any atom is 0.213 e. The number of benzene rings is 1. The molecule has 0 amide bonds. The number of rotatable bonds is 7. The van der Waals surface area contributed by atoms with Crippen molar-refractivity contribution in [1.82, 2.24) is 9.88 Å². The van der Waals surface area contributed by atoms with Gasteiger partial charge in [-0.15, -0.1) is 0 Å². The zero-order valence-corrected chi connectivity index (χ0v) is 18.1.